The van der Waals surface area contributed by atoms with Gasteiger partial charge in [-0.15, -0.1) is 15.3 Å². The number of hydrogen-bond acceptors (Lipinski definition) is 6. The van der Waals surface area contributed by atoms with E-state index in [1.165, 1.54) is 0 Å². The molecule has 0 aliphatic carbocycles. The number of aryl methyl sites for hydroxylation is 2. The van der Waals surface area contributed by atoms with Crippen molar-refractivity contribution in [1.82, 2.24) is 29.9 Å². The number of nitrogens with one attached hydrogen (secondary N) is 1. The maximum Gasteiger partial charge on any atom is 0.243 e. The molecular formula is C13H21N7. The Balaban J connectivity index is 2.09. The molecule has 2 rings (SSSR count). The molecule has 0 atom stereocenters. The highest BCUT2D eigenvalue weighted by molar-refractivity contribution is 5.26. The zero-order chi connectivity index (χ0) is 14.5. The number of rotatable bonds is 6. The lowest BCUT2D eigenvalue weighted by atomic mass is 10.2. The summed E-state index contributed by atoms with van der Waals surface area (Å²) in [7, 11) is 0. The molecule has 0 aliphatic heterocycles. The molecule has 0 fully saturated rings. The van der Waals surface area contributed by atoms with E-state index in [1.54, 1.807) is 6.33 Å². The van der Waals surface area contributed by atoms with Crippen molar-refractivity contribution >= 4 is 5.95 Å². The maximum atomic E-state index is 4.49. The predicted octanol–water partition coefficient (Wildman–Crippen LogP) is 1.78. The fourth-order valence-corrected chi connectivity index (χ4v) is 2.00. The first kappa shape index (κ1) is 14.4. The minimum absolute atomic E-state index is 0.328. The van der Waals surface area contributed by atoms with Crippen LogP contribution >= 0.6 is 0 Å². The van der Waals surface area contributed by atoms with Gasteiger partial charge in [-0.25, -0.2) is 4.98 Å². The molecule has 1 N–H and O–H groups in total. The number of aromatic nitrogens is 6. The molecule has 0 saturated carbocycles. The zero-order valence-electron chi connectivity index (χ0n) is 12.5. The van der Waals surface area contributed by atoms with Crippen LogP contribution in [0.3, 0.4) is 0 Å². The van der Waals surface area contributed by atoms with Gasteiger partial charge in [-0.1, -0.05) is 13.8 Å². The first-order valence-electron chi connectivity index (χ1n) is 7.00. The summed E-state index contributed by atoms with van der Waals surface area (Å²) in [5.74, 6) is 1.40. The van der Waals surface area contributed by atoms with Gasteiger partial charge in [0, 0.05) is 6.04 Å². The molecule has 0 amide bonds. The van der Waals surface area contributed by atoms with Crippen molar-refractivity contribution in [2.24, 2.45) is 0 Å². The van der Waals surface area contributed by atoms with Crippen molar-refractivity contribution in [3.8, 4) is 0 Å². The van der Waals surface area contributed by atoms with Crippen LogP contribution < -0.4 is 5.32 Å². The monoisotopic (exact) mass is 275 g/mol. The SMILES string of the molecule is CCc1nnc(NCc2nncn2C(C)C)nc1CC. The van der Waals surface area contributed by atoms with Gasteiger partial charge >= 0.3 is 0 Å². The van der Waals surface area contributed by atoms with Crippen LogP contribution in [0.15, 0.2) is 6.33 Å². The summed E-state index contributed by atoms with van der Waals surface area (Å²) >= 11 is 0. The zero-order valence-corrected chi connectivity index (χ0v) is 12.5. The van der Waals surface area contributed by atoms with E-state index >= 15 is 0 Å². The summed E-state index contributed by atoms with van der Waals surface area (Å²) < 4.78 is 2.02. The van der Waals surface area contributed by atoms with Crippen LogP contribution in [0, 0.1) is 0 Å². The summed E-state index contributed by atoms with van der Waals surface area (Å²) in [6.07, 6.45) is 3.44. The lowest BCUT2D eigenvalue weighted by molar-refractivity contribution is 0.571. The summed E-state index contributed by atoms with van der Waals surface area (Å²) in [5, 5.41) is 19.5. The van der Waals surface area contributed by atoms with Gasteiger partial charge < -0.3 is 9.88 Å². The molecular weight excluding hydrogens is 254 g/mol. The van der Waals surface area contributed by atoms with Crippen molar-refractivity contribution in [3.05, 3.63) is 23.5 Å². The Morgan fingerprint density at radius 2 is 1.85 bits per heavy atom. The highest BCUT2D eigenvalue weighted by atomic mass is 15.3. The molecule has 108 valence electrons. The Morgan fingerprint density at radius 1 is 1.10 bits per heavy atom. The largest absolute Gasteiger partial charge is 0.346 e. The lowest BCUT2D eigenvalue weighted by Crippen LogP contribution is -2.13. The molecule has 7 heteroatoms. The first-order chi connectivity index (χ1) is 9.65. The van der Waals surface area contributed by atoms with Crippen LogP contribution in [0.5, 0.6) is 0 Å². The predicted molar refractivity (Wildman–Crippen MR) is 76.3 cm³/mol. The normalized spacial score (nSPS) is 11.1. The van der Waals surface area contributed by atoms with E-state index in [4.69, 9.17) is 0 Å². The molecule has 20 heavy (non-hydrogen) atoms. The van der Waals surface area contributed by atoms with Crippen molar-refractivity contribution in [2.45, 2.75) is 53.1 Å². The van der Waals surface area contributed by atoms with Crippen molar-refractivity contribution in [3.63, 3.8) is 0 Å². The minimum Gasteiger partial charge on any atom is -0.346 e. The van der Waals surface area contributed by atoms with Gasteiger partial charge in [0.15, 0.2) is 5.82 Å². The fourth-order valence-electron chi connectivity index (χ4n) is 2.00. The summed E-state index contributed by atoms with van der Waals surface area (Å²) in [6, 6.07) is 0.328. The average molecular weight is 275 g/mol. The molecule has 7 nitrogen and oxygen atoms in total. The fraction of sp³-hybridized carbons (Fsp3) is 0.615. The van der Waals surface area contributed by atoms with E-state index in [0.29, 0.717) is 18.5 Å². The average Bonchev–Trinajstić information content (AvgIpc) is 2.93. The molecule has 0 unspecified atom stereocenters. The highest BCUT2D eigenvalue weighted by Crippen LogP contribution is 2.10. The van der Waals surface area contributed by atoms with Gasteiger partial charge in [0.05, 0.1) is 17.9 Å². The lowest BCUT2D eigenvalue weighted by Gasteiger charge is -2.11. The molecule has 0 spiro atoms. The molecule has 0 aromatic carbocycles. The smallest absolute Gasteiger partial charge is 0.243 e. The Labute approximate surface area is 118 Å². The van der Waals surface area contributed by atoms with Gasteiger partial charge in [0.25, 0.3) is 0 Å². The summed E-state index contributed by atoms with van der Waals surface area (Å²) in [5.41, 5.74) is 1.96. The standard InChI is InChI=1S/C13H21N7/c1-5-10-11(6-2)17-19-13(16-10)14-7-12-18-15-8-20(12)9(3)4/h8-9H,5-7H2,1-4H3,(H,14,16,19). The van der Waals surface area contributed by atoms with Crippen molar-refractivity contribution in [1.29, 1.82) is 0 Å². The van der Waals surface area contributed by atoms with E-state index < -0.39 is 0 Å². The summed E-state index contributed by atoms with van der Waals surface area (Å²) in [4.78, 5) is 4.49. The van der Waals surface area contributed by atoms with E-state index in [-0.39, 0.29) is 0 Å². The third-order valence-corrected chi connectivity index (χ3v) is 3.12. The van der Waals surface area contributed by atoms with Crippen LogP contribution in [-0.2, 0) is 19.4 Å². The second-order valence-corrected chi connectivity index (χ2v) is 4.84. The van der Waals surface area contributed by atoms with Crippen molar-refractivity contribution < 1.29 is 0 Å². The van der Waals surface area contributed by atoms with Crippen molar-refractivity contribution in [2.75, 3.05) is 5.32 Å². The van der Waals surface area contributed by atoms with E-state index in [2.05, 4.69) is 58.4 Å². The molecule has 2 heterocycles. The molecule has 0 saturated heterocycles. The quantitative estimate of drug-likeness (QED) is 0.865. The number of hydrogen-bond donors (Lipinski definition) is 1. The Hall–Kier alpha value is -2.05. The van der Waals surface area contributed by atoms with Crippen LogP contribution in [0.4, 0.5) is 5.95 Å². The van der Waals surface area contributed by atoms with E-state index in [1.807, 2.05) is 4.57 Å². The van der Waals surface area contributed by atoms with E-state index in [9.17, 15) is 0 Å². The van der Waals surface area contributed by atoms with Gasteiger partial charge in [-0.2, -0.15) is 5.10 Å². The number of nitrogens with zero attached hydrogens (tertiary/aromatic N) is 6. The van der Waals surface area contributed by atoms with Crippen LogP contribution in [0.25, 0.3) is 0 Å². The highest BCUT2D eigenvalue weighted by Gasteiger charge is 2.09. The maximum absolute atomic E-state index is 4.49. The molecule has 0 radical (unpaired) electrons. The van der Waals surface area contributed by atoms with Gasteiger partial charge in [0.2, 0.25) is 5.95 Å². The number of anilines is 1. The van der Waals surface area contributed by atoms with Gasteiger partial charge in [-0.05, 0) is 26.7 Å². The first-order valence-corrected chi connectivity index (χ1v) is 7.00. The van der Waals surface area contributed by atoms with E-state index in [0.717, 1.165) is 30.1 Å². The Morgan fingerprint density at radius 3 is 2.50 bits per heavy atom. The molecule has 2 aromatic heterocycles. The third kappa shape index (κ3) is 3.09. The third-order valence-electron chi connectivity index (χ3n) is 3.12. The molecule has 0 aliphatic rings. The minimum atomic E-state index is 0.328. The second kappa shape index (κ2) is 6.40. The van der Waals surface area contributed by atoms with Crippen LogP contribution in [0.1, 0.15) is 50.9 Å². The van der Waals surface area contributed by atoms with Gasteiger partial charge in [-0.3, -0.25) is 0 Å². The molecule has 2 aromatic rings. The second-order valence-electron chi connectivity index (χ2n) is 4.84. The summed E-state index contributed by atoms with van der Waals surface area (Å²) in [6.45, 7) is 8.85. The topological polar surface area (TPSA) is 81.4 Å². The Bertz CT molecular complexity index is 562. The Kier molecular flexibility index (Phi) is 4.60. The van der Waals surface area contributed by atoms with Crippen LogP contribution in [-0.4, -0.2) is 29.9 Å². The van der Waals surface area contributed by atoms with Gasteiger partial charge in [0.1, 0.15) is 6.33 Å². The molecule has 0 bridgehead atoms. The van der Waals surface area contributed by atoms with Crippen LogP contribution in [0.2, 0.25) is 0 Å².